The molecule has 3 aromatic rings. The first kappa shape index (κ1) is 28.7. The van der Waals surface area contributed by atoms with Crippen molar-refractivity contribution in [3.8, 4) is 17.1 Å². The van der Waals surface area contributed by atoms with Crippen molar-refractivity contribution in [2.45, 2.75) is 57.0 Å². The molecule has 5 rings (SSSR count). The van der Waals surface area contributed by atoms with Crippen LogP contribution in [-0.2, 0) is 11.2 Å². The lowest BCUT2D eigenvalue weighted by Gasteiger charge is -2.43. The van der Waals surface area contributed by atoms with E-state index in [0.717, 1.165) is 42.8 Å². The Morgan fingerprint density at radius 1 is 1.07 bits per heavy atom. The van der Waals surface area contributed by atoms with Crippen LogP contribution in [0.2, 0.25) is 0 Å². The molecule has 1 saturated carbocycles. The zero-order chi connectivity index (χ0) is 28.8. The highest BCUT2D eigenvalue weighted by Crippen LogP contribution is 2.29. The number of methoxy groups -OCH3 is 1. The molecule has 2 amide bonds. The summed E-state index contributed by atoms with van der Waals surface area (Å²) in [7, 11) is 1.63. The maximum absolute atomic E-state index is 14.2. The number of nitrogens with zero attached hydrogens (tertiary/aromatic N) is 2. The number of nitrogens with one attached hydrogen (secondary N) is 2. The monoisotopic (exact) mass is 566 g/mol. The van der Waals surface area contributed by atoms with Crippen LogP contribution >= 0.6 is 0 Å². The average Bonchev–Trinajstić information content (AvgIpc) is 3.48. The van der Waals surface area contributed by atoms with E-state index in [1.807, 2.05) is 24.3 Å². The van der Waals surface area contributed by atoms with Gasteiger partial charge in [0.25, 0.3) is 5.91 Å². The number of ether oxygens (including phenoxy) is 1. The fourth-order valence-corrected chi connectivity index (χ4v) is 6.00. The molecule has 0 radical (unpaired) electrons. The van der Waals surface area contributed by atoms with Gasteiger partial charge in [-0.15, -0.1) is 0 Å². The number of rotatable bonds is 9. The van der Waals surface area contributed by atoms with Crippen LogP contribution in [0.25, 0.3) is 11.3 Å². The molecule has 218 valence electrons. The van der Waals surface area contributed by atoms with E-state index < -0.39 is 29.5 Å². The number of para-hydroxylation sites is 1. The quantitative estimate of drug-likeness (QED) is 0.389. The third-order valence-corrected chi connectivity index (χ3v) is 8.21. The molecule has 0 unspecified atom stereocenters. The molecule has 0 bridgehead atoms. The third-order valence-electron chi connectivity index (χ3n) is 8.21. The minimum Gasteiger partial charge on any atom is -0.496 e. The van der Waals surface area contributed by atoms with Gasteiger partial charge in [0.2, 0.25) is 5.91 Å². The molecular formula is C31H36F2N4O4. The van der Waals surface area contributed by atoms with Crippen molar-refractivity contribution in [2.75, 3.05) is 26.7 Å². The lowest BCUT2D eigenvalue weighted by atomic mass is 9.87. The minimum atomic E-state index is -0.812. The number of likely N-dealkylation sites (tertiary alicyclic amines) is 1. The Hall–Kier alpha value is -3.79. The molecule has 1 aromatic heterocycles. The van der Waals surface area contributed by atoms with Gasteiger partial charge in [0, 0.05) is 43.9 Å². The summed E-state index contributed by atoms with van der Waals surface area (Å²) < 4.78 is 38.2. The predicted octanol–water partition coefficient (Wildman–Crippen LogP) is 4.74. The van der Waals surface area contributed by atoms with E-state index in [1.54, 1.807) is 7.11 Å². The van der Waals surface area contributed by atoms with Gasteiger partial charge in [-0.05, 0) is 49.4 Å². The van der Waals surface area contributed by atoms with Gasteiger partial charge in [0.05, 0.1) is 18.6 Å². The molecule has 1 saturated heterocycles. The standard InChI is InChI=1S/C31H36F2N4O4/c1-40-28-10-6-5-7-20(28)13-15-34-30(38)24-19-37(22-8-3-2-4-9-22)16-14-26(24)35-31(39)27-18-29(41-36-27)23-12-11-21(32)17-25(23)33/h5-7,10-12,17-18,22,24,26H,2-4,8-9,13-16,19H2,1H3,(H,34,38)(H,35,39)/t24-,26-/m0/s1. The lowest BCUT2D eigenvalue weighted by Crippen LogP contribution is -2.58. The molecule has 2 fully saturated rings. The van der Waals surface area contributed by atoms with E-state index >= 15 is 0 Å². The van der Waals surface area contributed by atoms with E-state index in [9.17, 15) is 18.4 Å². The lowest BCUT2D eigenvalue weighted by molar-refractivity contribution is -0.128. The predicted molar refractivity (Wildman–Crippen MR) is 149 cm³/mol. The van der Waals surface area contributed by atoms with Crippen molar-refractivity contribution in [1.82, 2.24) is 20.7 Å². The van der Waals surface area contributed by atoms with Gasteiger partial charge in [-0.1, -0.05) is 42.6 Å². The maximum atomic E-state index is 14.2. The molecule has 2 aromatic carbocycles. The second-order valence-electron chi connectivity index (χ2n) is 10.8. The zero-order valence-electron chi connectivity index (χ0n) is 23.2. The molecule has 2 aliphatic rings. The Kier molecular flexibility index (Phi) is 9.28. The summed E-state index contributed by atoms with van der Waals surface area (Å²) in [5.74, 6) is -1.80. The van der Waals surface area contributed by atoms with E-state index in [0.29, 0.717) is 32.0 Å². The normalized spacial score (nSPS) is 20.0. The Balaban J connectivity index is 1.26. The summed E-state index contributed by atoms with van der Waals surface area (Å²) in [6, 6.07) is 12.2. The van der Waals surface area contributed by atoms with E-state index in [2.05, 4.69) is 20.7 Å². The number of halogens is 2. The first-order valence-corrected chi connectivity index (χ1v) is 14.3. The summed E-state index contributed by atoms with van der Waals surface area (Å²) in [5, 5.41) is 9.87. The highest BCUT2D eigenvalue weighted by molar-refractivity contribution is 5.94. The summed E-state index contributed by atoms with van der Waals surface area (Å²) >= 11 is 0. The van der Waals surface area contributed by atoms with Crippen molar-refractivity contribution in [1.29, 1.82) is 0 Å². The Bertz CT molecular complexity index is 1360. The average molecular weight is 567 g/mol. The molecule has 8 nitrogen and oxygen atoms in total. The number of hydrogen-bond acceptors (Lipinski definition) is 6. The summed E-state index contributed by atoms with van der Waals surface area (Å²) in [5.41, 5.74) is 0.979. The van der Waals surface area contributed by atoms with Crippen LogP contribution in [0.5, 0.6) is 5.75 Å². The smallest absolute Gasteiger partial charge is 0.273 e. The first-order valence-electron chi connectivity index (χ1n) is 14.3. The summed E-state index contributed by atoms with van der Waals surface area (Å²) in [6.07, 6.45) is 7.12. The number of carbonyl (C=O) groups is 2. The van der Waals surface area contributed by atoms with Crippen molar-refractivity contribution >= 4 is 11.8 Å². The molecule has 41 heavy (non-hydrogen) atoms. The van der Waals surface area contributed by atoms with Crippen LogP contribution in [0.3, 0.4) is 0 Å². The van der Waals surface area contributed by atoms with Gasteiger partial charge in [-0.2, -0.15) is 0 Å². The summed E-state index contributed by atoms with van der Waals surface area (Å²) in [6.45, 7) is 1.78. The molecule has 2 N–H and O–H groups in total. The van der Waals surface area contributed by atoms with Crippen LogP contribution < -0.4 is 15.4 Å². The maximum Gasteiger partial charge on any atom is 0.273 e. The van der Waals surface area contributed by atoms with Crippen molar-refractivity contribution in [3.63, 3.8) is 0 Å². The van der Waals surface area contributed by atoms with Crippen molar-refractivity contribution in [3.05, 3.63) is 71.4 Å². The van der Waals surface area contributed by atoms with Crippen LogP contribution in [0.4, 0.5) is 8.78 Å². The Labute approximate surface area is 238 Å². The fourth-order valence-electron chi connectivity index (χ4n) is 6.00. The third kappa shape index (κ3) is 6.93. The number of amides is 2. The number of carbonyl (C=O) groups excluding carboxylic acids is 2. The highest BCUT2D eigenvalue weighted by atomic mass is 19.1. The molecule has 2 heterocycles. The van der Waals surface area contributed by atoms with Crippen molar-refractivity contribution in [2.24, 2.45) is 5.92 Å². The Morgan fingerprint density at radius 3 is 2.66 bits per heavy atom. The largest absolute Gasteiger partial charge is 0.496 e. The van der Waals surface area contributed by atoms with Gasteiger partial charge >= 0.3 is 0 Å². The molecule has 2 atom stereocenters. The zero-order valence-corrected chi connectivity index (χ0v) is 23.2. The molecule has 1 aliphatic heterocycles. The van der Waals surface area contributed by atoms with Crippen LogP contribution in [0.1, 0.15) is 54.6 Å². The molecule has 10 heteroatoms. The van der Waals surface area contributed by atoms with Gasteiger partial charge in [0.15, 0.2) is 11.5 Å². The number of hydrogen-bond donors (Lipinski definition) is 2. The summed E-state index contributed by atoms with van der Waals surface area (Å²) in [4.78, 5) is 29.1. The van der Waals surface area contributed by atoms with Crippen molar-refractivity contribution < 1.29 is 27.6 Å². The Morgan fingerprint density at radius 2 is 1.88 bits per heavy atom. The van der Waals surface area contributed by atoms with E-state index in [-0.39, 0.29) is 22.9 Å². The van der Waals surface area contributed by atoms with Crippen LogP contribution in [0, 0.1) is 17.6 Å². The highest BCUT2D eigenvalue weighted by Gasteiger charge is 2.38. The topological polar surface area (TPSA) is 96.7 Å². The second kappa shape index (κ2) is 13.2. The van der Waals surface area contributed by atoms with E-state index in [4.69, 9.17) is 9.26 Å². The molecule has 1 aliphatic carbocycles. The van der Waals surface area contributed by atoms with Gasteiger partial charge in [0.1, 0.15) is 17.4 Å². The second-order valence-corrected chi connectivity index (χ2v) is 10.8. The van der Waals surface area contributed by atoms with Gasteiger partial charge in [-0.25, -0.2) is 8.78 Å². The number of piperidine rings is 1. The molecular weight excluding hydrogens is 530 g/mol. The first-order chi connectivity index (χ1) is 19.9. The van der Waals surface area contributed by atoms with Gasteiger partial charge in [-0.3, -0.25) is 14.5 Å². The molecule has 0 spiro atoms. The van der Waals surface area contributed by atoms with Gasteiger partial charge < -0.3 is 19.9 Å². The van der Waals surface area contributed by atoms with Crippen LogP contribution in [-0.4, -0.2) is 60.7 Å². The van der Waals surface area contributed by atoms with E-state index in [1.165, 1.54) is 31.4 Å². The fraction of sp³-hybridized carbons (Fsp3) is 0.452. The minimum absolute atomic E-state index is 0.00559. The number of aromatic nitrogens is 1. The SMILES string of the molecule is COc1ccccc1CCNC(=O)[C@H]1CN(C2CCCCC2)CC[C@@H]1NC(=O)c1cc(-c2ccc(F)cc2F)on1. The van der Waals surface area contributed by atoms with Crippen LogP contribution in [0.15, 0.2) is 53.1 Å². The number of benzene rings is 2.